The Morgan fingerprint density at radius 2 is 1.89 bits per heavy atom. The average molecular weight is 394 g/mol. The van der Waals surface area contributed by atoms with Gasteiger partial charge in [0.1, 0.15) is 11.5 Å². The first-order valence-corrected chi connectivity index (χ1v) is 9.04. The Labute approximate surface area is 160 Å². The van der Waals surface area contributed by atoms with Crippen molar-refractivity contribution in [1.29, 1.82) is 0 Å². The van der Waals surface area contributed by atoms with Gasteiger partial charge in [-0.2, -0.15) is 13.2 Å². The average Bonchev–Trinajstić information content (AvgIpc) is 2.67. The maximum Gasteiger partial charge on any atom is 0.433 e. The highest BCUT2D eigenvalue weighted by atomic mass is 19.4. The largest absolute Gasteiger partial charge is 0.433 e. The van der Waals surface area contributed by atoms with Crippen molar-refractivity contribution in [3.63, 3.8) is 0 Å². The van der Waals surface area contributed by atoms with Crippen LogP contribution in [0.3, 0.4) is 0 Å². The predicted molar refractivity (Wildman–Crippen MR) is 97.9 cm³/mol. The molecule has 3 N–H and O–H groups in total. The van der Waals surface area contributed by atoms with Gasteiger partial charge in [-0.25, -0.2) is 9.97 Å². The molecule has 0 saturated heterocycles. The van der Waals surface area contributed by atoms with E-state index >= 15 is 0 Å². The van der Waals surface area contributed by atoms with E-state index in [-0.39, 0.29) is 11.8 Å². The molecule has 1 fully saturated rings. The number of aliphatic hydroxyl groups is 1. The zero-order valence-corrected chi connectivity index (χ0v) is 15.0. The molecule has 0 aliphatic heterocycles. The number of rotatable bonds is 5. The molecular formula is C19H21F3N4O2. The summed E-state index contributed by atoms with van der Waals surface area (Å²) in [7, 11) is 0. The molecule has 1 saturated carbocycles. The lowest BCUT2D eigenvalue weighted by Gasteiger charge is -2.25. The number of hydrogen-bond donors (Lipinski definition) is 3. The van der Waals surface area contributed by atoms with E-state index < -0.39 is 17.8 Å². The molecule has 3 rings (SSSR count). The van der Waals surface area contributed by atoms with Gasteiger partial charge >= 0.3 is 6.18 Å². The number of hydrogen-bond acceptors (Lipinski definition) is 5. The van der Waals surface area contributed by atoms with Gasteiger partial charge in [0.15, 0.2) is 0 Å². The van der Waals surface area contributed by atoms with Crippen LogP contribution in [0.4, 0.5) is 24.7 Å². The lowest BCUT2D eigenvalue weighted by Crippen LogP contribution is -2.25. The number of carbonyl (C=O) groups is 1. The normalized spacial score (nSPS) is 19.9. The summed E-state index contributed by atoms with van der Waals surface area (Å²) in [4.78, 5) is 20.1. The summed E-state index contributed by atoms with van der Waals surface area (Å²) in [5, 5.41) is 15.3. The topological polar surface area (TPSA) is 87.1 Å². The number of anilines is 2. The zero-order valence-electron chi connectivity index (χ0n) is 15.0. The Hall–Kier alpha value is -2.68. The molecule has 0 radical (unpaired) electrons. The fourth-order valence-electron chi connectivity index (χ4n) is 3.15. The van der Waals surface area contributed by atoms with E-state index in [1.807, 2.05) is 0 Å². The van der Waals surface area contributed by atoms with Gasteiger partial charge < -0.3 is 15.7 Å². The van der Waals surface area contributed by atoms with E-state index in [0.29, 0.717) is 23.8 Å². The minimum absolute atomic E-state index is 0.161. The van der Waals surface area contributed by atoms with Crippen molar-refractivity contribution in [2.75, 3.05) is 17.2 Å². The lowest BCUT2D eigenvalue weighted by atomic mass is 9.87. The molecule has 2 aromatic rings. The van der Waals surface area contributed by atoms with Crippen LogP contribution in [0, 0.1) is 5.92 Å². The van der Waals surface area contributed by atoms with E-state index in [2.05, 4.69) is 20.6 Å². The van der Waals surface area contributed by atoms with Crippen molar-refractivity contribution in [2.45, 2.75) is 38.0 Å². The molecule has 2 heterocycles. The maximum atomic E-state index is 12.6. The Morgan fingerprint density at radius 1 is 1.14 bits per heavy atom. The highest BCUT2D eigenvalue weighted by Gasteiger charge is 2.32. The molecule has 6 nitrogen and oxygen atoms in total. The molecule has 1 aliphatic carbocycles. The lowest BCUT2D eigenvalue weighted by molar-refractivity contribution is -0.141. The number of aromatic nitrogens is 2. The molecule has 1 aliphatic rings. The summed E-state index contributed by atoms with van der Waals surface area (Å²) >= 11 is 0. The Bertz CT molecular complexity index is 804. The van der Waals surface area contributed by atoms with Gasteiger partial charge in [0, 0.05) is 12.7 Å². The minimum atomic E-state index is -4.53. The molecule has 28 heavy (non-hydrogen) atoms. The van der Waals surface area contributed by atoms with Crippen molar-refractivity contribution in [2.24, 2.45) is 5.92 Å². The summed E-state index contributed by atoms with van der Waals surface area (Å²) in [5.74, 6) is 0.308. The number of alkyl halides is 3. The third kappa shape index (κ3) is 5.19. The molecule has 0 bridgehead atoms. The fraction of sp³-hybridized carbons (Fsp3) is 0.421. The second kappa shape index (κ2) is 8.55. The number of pyridine rings is 2. The van der Waals surface area contributed by atoms with E-state index in [0.717, 1.165) is 44.0 Å². The summed E-state index contributed by atoms with van der Waals surface area (Å²) in [6.07, 6.45) is 1.11. The van der Waals surface area contributed by atoms with Crippen LogP contribution >= 0.6 is 0 Å². The van der Waals surface area contributed by atoms with Crippen molar-refractivity contribution >= 4 is 17.4 Å². The van der Waals surface area contributed by atoms with Gasteiger partial charge in [-0.1, -0.05) is 0 Å². The van der Waals surface area contributed by atoms with Crippen molar-refractivity contribution in [1.82, 2.24) is 9.97 Å². The Morgan fingerprint density at radius 3 is 2.54 bits per heavy atom. The Kier molecular flexibility index (Phi) is 6.13. The highest BCUT2D eigenvalue weighted by Crippen LogP contribution is 2.28. The predicted octanol–water partition coefficient (Wildman–Crippen LogP) is 3.71. The van der Waals surface area contributed by atoms with E-state index in [1.54, 1.807) is 18.3 Å². The second-order valence-electron chi connectivity index (χ2n) is 6.84. The molecule has 0 aromatic carbocycles. The highest BCUT2D eigenvalue weighted by molar-refractivity contribution is 6.07. The standard InChI is InChI=1S/C19H21F3N4O2/c20-19(21,22)16-8-5-13(11-24-16)26-18(28)15-2-1-9-23-17(15)25-10-12-3-6-14(27)7-4-12/h1-2,5,8-9,11-12,14,27H,3-4,6-7,10H2,(H,23,25)(H,26,28)/t12-,14+. The third-order valence-corrected chi connectivity index (χ3v) is 4.74. The van der Waals surface area contributed by atoms with Gasteiger partial charge in [0.05, 0.1) is 23.6 Å². The maximum absolute atomic E-state index is 12.6. The van der Waals surface area contributed by atoms with E-state index in [4.69, 9.17) is 0 Å². The SMILES string of the molecule is O=C(Nc1ccc(C(F)(F)F)nc1)c1cccnc1NC[C@H]1CC[C@@H](O)CC1. The second-order valence-corrected chi connectivity index (χ2v) is 6.84. The first-order valence-electron chi connectivity index (χ1n) is 9.04. The van der Waals surface area contributed by atoms with Crippen LogP contribution in [0.5, 0.6) is 0 Å². The van der Waals surface area contributed by atoms with Gasteiger partial charge in [0.25, 0.3) is 5.91 Å². The number of halogens is 3. The van der Waals surface area contributed by atoms with Crippen LogP contribution in [0.1, 0.15) is 41.7 Å². The van der Waals surface area contributed by atoms with Gasteiger partial charge in [-0.15, -0.1) is 0 Å². The van der Waals surface area contributed by atoms with Crippen molar-refractivity contribution < 1.29 is 23.1 Å². The monoisotopic (exact) mass is 394 g/mol. The molecule has 0 unspecified atom stereocenters. The van der Waals surface area contributed by atoms with Crippen LogP contribution in [0.2, 0.25) is 0 Å². The molecular weight excluding hydrogens is 373 g/mol. The Balaban J connectivity index is 1.64. The van der Waals surface area contributed by atoms with E-state index in [1.165, 1.54) is 0 Å². The first-order chi connectivity index (χ1) is 13.3. The van der Waals surface area contributed by atoms with Crippen molar-refractivity contribution in [3.8, 4) is 0 Å². The number of amides is 1. The quantitative estimate of drug-likeness (QED) is 0.720. The van der Waals surface area contributed by atoms with Crippen LogP contribution in [0.15, 0.2) is 36.7 Å². The van der Waals surface area contributed by atoms with Gasteiger partial charge in [-0.3, -0.25) is 4.79 Å². The molecule has 2 aromatic heterocycles. The number of aliphatic hydroxyl groups excluding tert-OH is 1. The van der Waals surface area contributed by atoms with Gasteiger partial charge in [0.2, 0.25) is 0 Å². The molecule has 0 atom stereocenters. The summed E-state index contributed by atoms with van der Waals surface area (Å²) in [6, 6.07) is 5.18. The number of nitrogens with zero attached hydrogens (tertiary/aromatic N) is 2. The third-order valence-electron chi connectivity index (χ3n) is 4.74. The number of carbonyl (C=O) groups excluding carboxylic acids is 1. The van der Waals surface area contributed by atoms with Crippen LogP contribution in [-0.2, 0) is 6.18 Å². The van der Waals surface area contributed by atoms with E-state index in [9.17, 15) is 23.1 Å². The minimum Gasteiger partial charge on any atom is -0.393 e. The number of nitrogens with one attached hydrogen (secondary N) is 2. The van der Waals surface area contributed by atoms with Crippen LogP contribution in [-0.4, -0.2) is 33.6 Å². The summed E-state index contributed by atoms with van der Waals surface area (Å²) < 4.78 is 37.7. The summed E-state index contributed by atoms with van der Waals surface area (Å²) in [6.45, 7) is 0.631. The van der Waals surface area contributed by atoms with Gasteiger partial charge in [-0.05, 0) is 55.9 Å². The molecule has 1 amide bonds. The van der Waals surface area contributed by atoms with Crippen LogP contribution in [0.25, 0.3) is 0 Å². The van der Waals surface area contributed by atoms with Crippen LogP contribution < -0.4 is 10.6 Å². The van der Waals surface area contributed by atoms with Crippen molar-refractivity contribution in [3.05, 3.63) is 47.9 Å². The fourth-order valence-corrected chi connectivity index (χ4v) is 3.15. The first kappa shape index (κ1) is 20.1. The zero-order chi connectivity index (χ0) is 20.1. The summed E-state index contributed by atoms with van der Waals surface area (Å²) in [5.41, 5.74) is -0.570. The molecule has 9 heteroatoms. The smallest absolute Gasteiger partial charge is 0.393 e. The molecule has 150 valence electrons. The molecule has 0 spiro atoms.